The van der Waals surface area contributed by atoms with Crippen LogP contribution in [0.3, 0.4) is 0 Å². The number of nitrogens with one attached hydrogen (secondary N) is 2. The molecule has 2 amide bonds. The van der Waals surface area contributed by atoms with E-state index in [1.807, 2.05) is 24.7 Å². The Balaban J connectivity index is 1.39. The van der Waals surface area contributed by atoms with Gasteiger partial charge in [0.25, 0.3) is 5.91 Å². The van der Waals surface area contributed by atoms with E-state index in [1.165, 1.54) is 41.4 Å². The summed E-state index contributed by atoms with van der Waals surface area (Å²) >= 11 is 0. The van der Waals surface area contributed by atoms with Crippen molar-refractivity contribution in [2.75, 3.05) is 0 Å². The average molecular weight is 464 g/mol. The van der Waals surface area contributed by atoms with Gasteiger partial charge < -0.3 is 0 Å². The molecule has 0 saturated heterocycles. The highest BCUT2D eigenvalue weighted by Gasteiger charge is 2.17. The third-order valence-electron chi connectivity index (χ3n) is 5.72. The first-order chi connectivity index (χ1) is 16.3. The van der Waals surface area contributed by atoms with Gasteiger partial charge in [-0.05, 0) is 69.5 Å². The van der Waals surface area contributed by atoms with Gasteiger partial charge in [0.1, 0.15) is 11.5 Å². The van der Waals surface area contributed by atoms with E-state index in [9.17, 15) is 14.0 Å². The van der Waals surface area contributed by atoms with Crippen LogP contribution in [0.5, 0.6) is 0 Å². The number of pyridine rings is 1. The Labute approximate surface area is 196 Å². The molecule has 0 fully saturated rings. The summed E-state index contributed by atoms with van der Waals surface area (Å²) in [7, 11) is 0. The number of rotatable bonds is 6. The molecule has 0 atom stereocenters. The van der Waals surface area contributed by atoms with Crippen LogP contribution in [-0.4, -0.2) is 36.1 Å². The van der Waals surface area contributed by atoms with Gasteiger partial charge >= 0.3 is 0 Å². The van der Waals surface area contributed by atoms with Crippen molar-refractivity contribution < 1.29 is 14.0 Å². The number of carbonyl (C=O) groups excluding carboxylic acids is 2. The molecule has 0 saturated carbocycles. The topological polar surface area (TPSA) is 107 Å². The highest BCUT2D eigenvalue weighted by molar-refractivity contribution is 5.94. The minimum absolute atomic E-state index is 0.171. The summed E-state index contributed by atoms with van der Waals surface area (Å²) in [4.78, 5) is 33.7. The number of nitrogens with zero attached hydrogens (tertiary/aromatic N) is 5. The lowest BCUT2D eigenvalue weighted by molar-refractivity contribution is -0.121. The number of aryl methyl sites for hydroxylation is 2. The van der Waals surface area contributed by atoms with Gasteiger partial charge in [-0.25, -0.2) is 19.0 Å². The fraction of sp³-hybridized carbons (Fsp3) is 0.292. The number of hydrogen-bond donors (Lipinski definition) is 2. The Bertz CT molecular complexity index is 1360. The molecule has 10 heteroatoms. The maximum atomic E-state index is 13.2. The van der Waals surface area contributed by atoms with Gasteiger partial charge in [0.05, 0.1) is 18.7 Å². The van der Waals surface area contributed by atoms with E-state index < -0.39 is 5.91 Å². The van der Waals surface area contributed by atoms with Crippen LogP contribution in [0, 0.1) is 19.7 Å². The molecule has 9 nitrogen and oxygen atoms in total. The number of halogens is 1. The fourth-order valence-electron chi connectivity index (χ4n) is 3.90. The number of imidazole rings is 1. The van der Waals surface area contributed by atoms with Crippen molar-refractivity contribution in [3.05, 3.63) is 71.3 Å². The Morgan fingerprint density at radius 1 is 1.09 bits per heavy atom. The molecule has 2 N–H and O–H groups in total. The van der Waals surface area contributed by atoms with Crippen LogP contribution in [-0.2, 0) is 11.2 Å². The molecule has 0 aliphatic carbocycles. The first-order valence-corrected chi connectivity index (χ1v) is 11.0. The Morgan fingerprint density at radius 2 is 1.82 bits per heavy atom. The zero-order chi connectivity index (χ0) is 24.4. The van der Waals surface area contributed by atoms with E-state index >= 15 is 0 Å². The maximum Gasteiger partial charge on any atom is 0.288 e. The van der Waals surface area contributed by atoms with Crippen LogP contribution >= 0.6 is 0 Å². The second-order valence-electron chi connectivity index (χ2n) is 8.35. The second-order valence-corrected chi connectivity index (χ2v) is 8.35. The van der Waals surface area contributed by atoms with Gasteiger partial charge in [-0.15, -0.1) is 0 Å². The molecule has 0 aliphatic heterocycles. The minimum Gasteiger partial charge on any atom is -0.295 e. The summed E-state index contributed by atoms with van der Waals surface area (Å²) < 4.78 is 16.6. The van der Waals surface area contributed by atoms with Crippen molar-refractivity contribution in [3.63, 3.8) is 0 Å². The normalized spacial score (nSPS) is 11.2. The lowest BCUT2D eigenvalue weighted by Crippen LogP contribution is -2.42. The molecule has 3 aromatic heterocycles. The standard InChI is InChI=1S/C24H26FN7O2/c1-14(2)32-23-20(11-27-32)15(3)19(16(4)28-23)9-10-22(33)29-30-24(34)21-12-26-13-31(21)18-7-5-17(25)6-8-18/h5-8,11-14H,9-10H2,1-4H3,(H,29,33)(H,30,34). The molecule has 4 aromatic rings. The highest BCUT2D eigenvalue weighted by atomic mass is 19.1. The van der Waals surface area contributed by atoms with Crippen molar-refractivity contribution in [2.45, 2.75) is 46.6 Å². The van der Waals surface area contributed by atoms with Crippen molar-refractivity contribution >= 4 is 22.8 Å². The SMILES string of the molecule is Cc1nc2c(cnn2C(C)C)c(C)c1CCC(=O)NNC(=O)c1cncn1-c1ccc(F)cc1. The summed E-state index contributed by atoms with van der Waals surface area (Å²) in [5.74, 6) is -1.25. The predicted octanol–water partition coefficient (Wildman–Crippen LogP) is 3.35. The van der Waals surface area contributed by atoms with E-state index in [0.29, 0.717) is 12.1 Å². The van der Waals surface area contributed by atoms with Gasteiger partial charge in [0, 0.05) is 29.2 Å². The van der Waals surface area contributed by atoms with Crippen LogP contribution in [0.1, 0.15) is 53.6 Å². The zero-order valence-electron chi connectivity index (χ0n) is 19.5. The summed E-state index contributed by atoms with van der Waals surface area (Å²) in [5, 5.41) is 5.41. The molecular formula is C24H26FN7O2. The van der Waals surface area contributed by atoms with Crippen molar-refractivity contribution in [3.8, 4) is 5.69 Å². The number of aromatic nitrogens is 5. The quantitative estimate of drug-likeness (QED) is 0.427. The van der Waals surface area contributed by atoms with Crippen molar-refractivity contribution in [2.24, 2.45) is 0 Å². The van der Waals surface area contributed by atoms with Gasteiger partial charge in [-0.3, -0.25) is 25.0 Å². The average Bonchev–Trinajstić information content (AvgIpc) is 3.45. The van der Waals surface area contributed by atoms with Crippen LogP contribution in [0.4, 0.5) is 4.39 Å². The molecule has 0 bridgehead atoms. The summed E-state index contributed by atoms with van der Waals surface area (Å²) in [6, 6.07) is 5.86. The van der Waals surface area contributed by atoms with Gasteiger partial charge in [-0.1, -0.05) is 0 Å². The zero-order valence-corrected chi connectivity index (χ0v) is 19.5. The van der Waals surface area contributed by atoms with Crippen LogP contribution in [0.25, 0.3) is 16.7 Å². The van der Waals surface area contributed by atoms with Crippen LogP contribution in [0.15, 0.2) is 43.0 Å². The number of hydrazine groups is 1. The first kappa shape index (κ1) is 23.1. The lowest BCUT2D eigenvalue weighted by Gasteiger charge is -2.13. The molecule has 176 valence electrons. The Morgan fingerprint density at radius 3 is 2.53 bits per heavy atom. The first-order valence-electron chi connectivity index (χ1n) is 11.0. The smallest absolute Gasteiger partial charge is 0.288 e. The molecule has 0 aliphatic rings. The van der Waals surface area contributed by atoms with Crippen LogP contribution < -0.4 is 10.9 Å². The number of benzene rings is 1. The monoisotopic (exact) mass is 463 g/mol. The number of fused-ring (bicyclic) bond motifs is 1. The summed E-state index contributed by atoms with van der Waals surface area (Å²) in [5.41, 5.74) is 9.37. The Kier molecular flexibility index (Phi) is 6.40. The van der Waals surface area contributed by atoms with Gasteiger partial charge in [0.15, 0.2) is 5.65 Å². The molecular weight excluding hydrogens is 437 g/mol. The van der Waals surface area contributed by atoms with Gasteiger partial charge in [-0.2, -0.15) is 5.10 Å². The van der Waals surface area contributed by atoms with E-state index in [-0.39, 0.29) is 29.9 Å². The molecule has 4 rings (SSSR count). The second kappa shape index (κ2) is 9.42. The molecule has 34 heavy (non-hydrogen) atoms. The Hall–Kier alpha value is -4.08. The summed E-state index contributed by atoms with van der Waals surface area (Å²) in [6.07, 6.45) is 5.27. The fourth-order valence-corrected chi connectivity index (χ4v) is 3.90. The minimum atomic E-state index is -0.535. The number of amides is 2. The third-order valence-corrected chi connectivity index (χ3v) is 5.72. The summed E-state index contributed by atoms with van der Waals surface area (Å²) in [6.45, 7) is 8.04. The molecule has 0 radical (unpaired) electrons. The number of carbonyl (C=O) groups is 2. The molecule has 0 spiro atoms. The third kappa shape index (κ3) is 4.52. The maximum absolute atomic E-state index is 13.2. The molecule has 0 unspecified atom stereocenters. The van der Waals surface area contributed by atoms with E-state index in [4.69, 9.17) is 4.98 Å². The molecule has 1 aromatic carbocycles. The largest absolute Gasteiger partial charge is 0.295 e. The predicted molar refractivity (Wildman–Crippen MR) is 125 cm³/mol. The van der Waals surface area contributed by atoms with E-state index in [1.54, 1.807) is 0 Å². The number of hydrogen-bond acceptors (Lipinski definition) is 5. The van der Waals surface area contributed by atoms with Gasteiger partial charge in [0.2, 0.25) is 5.91 Å². The van der Waals surface area contributed by atoms with E-state index in [0.717, 1.165) is 27.9 Å². The van der Waals surface area contributed by atoms with E-state index in [2.05, 4.69) is 34.8 Å². The van der Waals surface area contributed by atoms with Crippen molar-refractivity contribution in [1.29, 1.82) is 0 Å². The highest BCUT2D eigenvalue weighted by Crippen LogP contribution is 2.25. The molecule has 3 heterocycles. The van der Waals surface area contributed by atoms with Crippen LogP contribution in [0.2, 0.25) is 0 Å². The van der Waals surface area contributed by atoms with Crippen molar-refractivity contribution in [1.82, 2.24) is 35.2 Å². The lowest BCUT2D eigenvalue weighted by atomic mass is 10.0.